The Morgan fingerprint density at radius 2 is 2.06 bits per heavy atom. The van der Waals surface area contributed by atoms with Gasteiger partial charge in [0.05, 0.1) is 18.2 Å². The van der Waals surface area contributed by atoms with Crippen molar-refractivity contribution < 1.29 is 28.2 Å². The van der Waals surface area contributed by atoms with Crippen LogP contribution < -0.4 is 5.32 Å². The van der Waals surface area contributed by atoms with Crippen LogP contribution in [-0.4, -0.2) is 22.9 Å². The highest BCUT2D eigenvalue weighted by molar-refractivity contribution is 5.65. The third kappa shape index (κ3) is 3.63. The predicted molar refractivity (Wildman–Crippen MR) is 52.4 cm³/mol. The molecule has 0 saturated heterocycles. The first-order valence-corrected chi connectivity index (χ1v) is 4.62. The molecule has 94 valence electrons. The molecule has 0 spiro atoms. The number of carboxylic acid groups (broad SMARTS) is 1. The molecule has 0 aliphatic rings. The van der Waals surface area contributed by atoms with Crippen molar-refractivity contribution >= 4 is 6.09 Å². The van der Waals surface area contributed by atoms with Crippen molar-refractivity contribution in [3.05, 3.63) is 35.4 Å². The van der Waals surface area contributed by atoms with Gasteiger partial charge in [-0.05, 0) is 17.7 Å². The Bertz CT molecular complexity index is 406. The van der Waals surface area contributed by atoms with Gasteiger partial charge >= 0.3 is 12.3 Å². The van der Waals surface area contributed by atoms with E-state index in [4.69, 9.17) is 10.2 Å². The molecule has 1 amide bonds. The minimum absolute atomic E-state index is 0.0599. The molecule has 0 unspecified atom stereocenters. The van der Waals surface area contributed by atoms with Crippen LogP contribution in [0.3, 0.4) is 0 Å². The summed E-state index contributed by atoms with van der Waals surface area (Å²) in [5, 5.41) is 19.3. The highest BCUT2D eigenvalue weighted by atomic mass is 19.4. The van der Waals surface area contributed by atoms with Crippen LogP contribution >= 0.6 is 0 Å². The van der Waals surface area contributed by atoms with Gasteiger partial charge in [0.15, 0.2) is 0 Å². The average Bonchev–Trinajstić information content (AvgIpc) is 2.24. The number of carbonyl (C=O) groups is 1. The number of rotatable bonds is 3. The van der Waals surface area contributed by atoms with Gasteiger partial charge in [-0.1, -0.05) is 12.1 Å². The summed E-state index contributed by atoms with van der Waals surface area (Å²) in [6.45, 7) is -0.617. The zero-order valence-electron chi connectivity index (χ0n) is 8.53. The smallest absolute Gasteiger partial charge is 0.416 e. The quantitative estimate of drug-likeness (QED) is 0.767. The standard InChI is InChI=1S/C10H10F3NO3/c11-10(12,13)7-3-1-2-6(4-7)8(5-15)14-9(16)17/h1-4,8,14-15H,5H2,(H,16,17)/t8-/m1/s1. The second-order valence-corrected chi connectivity index (χ2v) is 3.31. The number of halogens is 3. The Hall–Kier alpha value is -1.76. The molecule has 1 aromatic carbocycles. The van der Waals surface area contributed by atoms with Gasteiger partial charge in [0.1, 0.15) is 0 Å². The molecule has 3 N–H and O–H groups in total. The maximum atomic E-state index is 12.4. The molecule has 0 heterocycles. The van der Waals surface area contributed by atoms with Gasteiger partial charge in [-0.25, -0.2) is 4.79 Å². The molecular weight excluding hydrogens is 239 g/mol. The van der Waals surface area contributed by atoms with E-state index in [0.29, 0.717) is 0 Å². The van der Waals surface area contributed by atoms with E-state index in [1.54, 1.807) is 0 Å². The number of amides is 1. The van der Waals surface area contributed by atoms with E-state index < -0.39 is 30.5 Å². The summed E-state index contributed by atoms with van der Waals surface area (Å²) in [6.07, 6.45) is -5.92. The lowest BCUT2D eigenvalue weighted by molar-refractivity contribution is -0.137. The molecule has 4 nitrogen and oxygen atoms in total. The van der Waals surface area contributed by atoms with Gasteiger partial charge in [0.2, 0.25) is 0 Å². The highest BCUT2D eigenvalue weighted by Crippen LogP contribution is 2.30. The second kappa shape index (κ2) is 5.05. The van der Waals surface area contributed by atoms with Crippen molar-refractivity contribution in [3.63, 3.8) is 0 Å². The normalized spacial score (nSPS) is 13.2. The number of alkyl halides is 3. The molecule has 1 rings (SSSR count). The summed E-state index contributed by atoms with van der Waals surface area (Å²) in [6, 6.07) is 3.07. The molecule has 7 heteroatoms. The minimum atomic E-state index is -4.50. The lowest BCUT2D eigenvalue weighted by Gasteiger charge is -2.16. The van der Waals surface area contributed by atoms with Crippen molar-refractivity contribution in [1.29, 1.82) is 0 Å². The van der Waals surface area contributed by atoms with Crippen LogP contribution in [0.25, 0.3) is 0 Å². The Morgan fingerprint density at radius 1 is 1.41 bits per heavy atom. The molecule has 0 fully saturated rings. The first kappa shape index (κ1) is 13.3. The minimum Gasteiger partial charge on any atom is -0.465 e. The Kier molecular flexibility index (Phi) is 3.95. The number of nitrogens with one attached hydrogen (secondary N) is 1. The van der Waals surface area contributed by atoms with Crippen molar-refractivity contribution in [2.45, 2.75) is 12.2 Å². The summed E-state index contributed by atoms with van der Waals surface area (Å²) >= 11 is 0. The summed E-state index contributed by atoms with van der Waals surface area (Å²) < 4.78 is 37.2. The number of hydrogen-bond acceptors (Lipinski definition) is 2. The molecule has 0 aliphatic carbocycles. The average molecular weight is 249 g/mol. The SMILES string of the molecule is O=C(O)N[C@H](CO)c1cccc(C(F)(F)F)c1. The van der Waals surface area contributed by atoms with Crippen LogP contribution in [-0.2, 0) is 6.18 Å². The van der Waals surface area contributed by atoms with E-state index in [2.05, 4.69) is 0 Å². The van der Waals surface area contributed by atoms with E-state index >= 15 is 0 Å². The number of aliphatic hydroxyl groups excluding tert-OH is 1. The zero-order chi connectivity index (χ0) is 13.1. The summed E-state index contributed by atoms with van der Waals surface area (Å²) in [4.78, 5) is 10.4. The van der Waals surface area contributed by atoms with Crippen LogP contribution in [0.15, 0.2) is 24.3 Å². The lowest BCUT2D eigenvalue weighted by Crippen LogP contribution is -2.29. The fourth-order valence-electron chi connectivity index (χ4n) is 1.32. The Morgan fingerprint density at radius 3 is 2.53 bits per heavy atom. The molecule has 0 bridgehead atoms. The largest absolute Gasteiger partial charge is 0.465 e. The van der Waals surface area contributed by atoms with Crippen molar-refractivity contribution in [1.82, 2.24) is 5.32 Å². The predicted octanol–water partition coefficient (Wildman–Crippen LogP) is 2.01. The fourth-order valence-corrected chi connectivity index (χ4v) is 1.32. The molecule has 1 atom stereocenters. The van der Waals surface area contributed by atoms with E-state index in [9.17, 15) is 18.0 Å². The van der Waals surface area contributed by atoms with Gasteiger partial charge < -0.3 is 15.5 Å². The zero-order valence-corrected chi connectivity index (χ0v) is 8.53. The third-order valence-electron chi connectivity index (χ3n) is 2.10. The molecule has 17 heavy (non-hydrogen) atoms. The third-order valence-corrected chi connectivity index (χ3v) is 2.10. The van der Waals surface area contributed by atoms with Gasteiger partial charge in [0, 0.05) is 0 Å². The fraction of sp³-hybridized carbons (Fsp3) is 0.300. The summed E-state index contributed by atoms with van der Waals surface area (Å²) in [7, 11) is 0. The Labute approximate surface area is 94.7 Å². The van der Waals surface area contributed by atoms with Crippen LogP contribution in [0.1, 0.15) is 17.2 Å². The van der Waals surface area contributed by atoms with Crippen molar-refractivity contribution in [2.24, 2.45) is 0 Å². The molecule has 0 radical (unpaired) electrons. The maximum Gasteiger partial charge on any atom is 0.416 e. The van der Waals surface area contributed by atoms with Gasteiger partial charge in [-0.3, -0.25) is 0 Å². The van der Waals surface area contributed by atoms with Gasteiger partial charge in [0.25, 0.3) is 0 Å². The van der Waals surface area contributed by atoms with E-state index in [-0.39, 0.29) is 5.56 Å². The lowest BCUT2D eigenvalue weighted by atomic mass is 10.0. The topological polar surface area (TPSA) is 69.6 Å². The molecule has 0 aromatic heterocycles. The first-order valence-electron chi connectivity index (χ1n) is 4.62. The maximum absolute atomic E-state index is 12.4. The molecule has 1 aromatic rings. The summed E-state index contributed by atoms with van der Waals surface area (Å²) in [5.74, 6) is 0. The van der Waals surface area contributed by atoms with Gasteiger partial charge in [-0.2, -0.15) is 13.2 Å². The number of aliphatic hydroxyl groups is 1. The molecule has 0 saturated carbocycles. The van der Waals surface area contributed by atoms with E-state index in [0.717, 1.165) is 18.2 Å². The summed E-state index contributed by atoms with van der Waals surface area (Å²) in [5.41, 5.74) is -0.828. The van der Waals surface area contributed by atoms with E-state index in [1.165, 1.54) is 6.07 Å². The second-order valence-electron chi connectivity index (χ2n) is 3.31. The monoisotopic (exact) mass is 249 g/mol. The number of benzene rings is 1. The van der Waals surface area contributed by atoms with E-state index in [1.807, 2.05) is 5.32 Å². The molecule has 0 aliphatic heterocycles. The van der Waals surface area contributed by atoms with Crippen LogP contribution in [0, 0.1) is 0 Å². The van der Waals surface area contributed by atoms with Crippen LogP contribution in [0.4, 0.5) is 18.0 Å². The first-order chi connectivity index (χ1) is 7.84. The highest BCUT2D eigenvalue weighted by Gasteiger charge is 2.31. The Balaban J connectivity index is 3.01. The van der Waals surface area contributed by atoms with Crippen LogP contribution in [0.2, 0.25) is 0 Å². The molecular formula is C10H10F3NO3. The van der Waals surface area contributed by atoms with Crippen molar-refractivity contribution in [3.8, 4) is 0 Å². The number of hydrogen-bond donors (Lipinski definition) is 3. The van der Waals surface area contributed by atoms with Gasteiger partial charge in [-0.15, -0.1) is 0 Å². The van der Waals surface area contributed by atoms with Crippen LogP contribution in [0.5, 0.6) is 0 Å². The van der Waals surface area contributed by atoms with Crippen molar-refractivity contribution in [2.75, 3.05) is 6.61 Å².